The molecule has 3 heterocycles. The lowest BCUT2D eigenvalue weighted by Gasteiger charge is -2.20. The predicted octanol–water partition coefficient (Wildman–Crippen LogP) is 2.62. The van der Waals surface area contributed by atoms with Crippen LogP contribution in [-0.4, -0.2) is 14.7 Å². The average Bonchev–Trinajstić information content (AvgIpc) is 2.86. The molecule has 1 aliphatic heterocycles. The van der Waals surface area contributed by atoms with Crippen LogP contribution in [0.5, 0.6) is 0 Å². The lowest BCUT2D eigenvalue weighted by molar-refractivity contribution is 0.139. The Balaban J connectivity index is 2.18. The maximum atomic E-state index is 9.88. The second-order valence-corrected chi connectivity index (χ2v) is 4.26. The summed E-state index contributed by atoms with van der Waals surface area (Å²) in [5, 5.41) is 10.3. The molecule has 0 radical (unpaired) electrons. The number of nitrogens with zero attached hydrogens (tertiary/aromatic N) is 2. The molecule has 0 aromatic carbocycles. The minimum Gasteiger partial charge on any atom is -0.461 e. The number of aliphatic hydroxyl groups excluding tert-OH is 1. The first-order valence-corrected chi connectivity index (χ1v) is 5.63. The van der Waals surface area contributed by atoms with Gasteiger partial charge in [0, 0.05) is 6.54 Å². The summed E-state index contributed by atoms with van der Waals surface area (Å²) in [5.41, 5.74) is 0.708. The maximum Gasteiger partial charge on any atom is 0.177 e. The number of hydrogen-bond acceptors (Lipinski definition) is 3. The highest BCUT2D eigenvalue weighted by atomic mass is 35.5. The molecule has 0 amide bonds. The normalized spacial score (nSPS) is 19.8. The first-order chi connectivity index (χ1) is 7.77. The number of hydrogen-bond donors (Lipinski definition) is 1. The summed E-state index contributed by atoms with van der Waals surface area (Å²) in [4.78, 5) is 4.26. The molecular weight excluding hydrogens is 228 g/mol. The smallest absolute Gasteiger partial charge is 0.177 e. The molecule has 2 aromatic rings. The third kappa shape index (κ3) is 1.37. The van der Waals surface area contributed by atoms with Gasteiger partial charge < -0.3 is 14.1 Å². The Morgan fingerprint density at radius 3 is 3.19 bits per heavy atom. The van der Waals surface area contributed by atoms with Crippen molar-refractivity contribution in [3.05, 3.63) is 29.2 Å². The van der Waals surface area contributed by atoms with Gasteiger partial charge in [0.05, 0.1) is 18.1 Å². The maximum absolute atomic E-state index is 9.88. The van der Waals surface area contributed by atoms with E-state index in [2.05, 4.69) is 4.98 Å². The molecule has 0 aliphatic carbocycles. The number of halogens is 1. The third-order valence-corrected chi connectivity index (χ3v) is 3.16. The molecular formula is C11H11ClN2O2. The van der Waals surface area contributed by atoms with Gasteiger partial charge in [0.25, 0.3) is 0 Å². The lowest BCUT2D eigenvalue weighted by Crippen LogP contribution is -2.15. The first-order valence-electron chi connectivity index (χ1n) is 5.25. The molecule has 4 nitrogen and oxygen atoms in total. The van der Waals surface area contributed by atoms with Gasteiger partial charge in [0.15, 0.2) is 16.7 Å². The van der Waals surface area contributed by atoms with Gasteiger partial charge in [-0.25, -0.2) is 4.98 Å². The predicted molar refractivity (Wildman–Crippen MR) is 59.1 cm³/mol. The SMILES string of the molecule is OC1CCCn2c(-c3ccco3)nc(Cl)c21. The summed E-state index contributed by atoms with van der Waals surface area (Å²) in [7, 11) is 0. The summed E-state index contributed by atoms with van der Waals surface area (Å²) in [5.74, 6) is 1.38. The molecule has 1 aliphatic rings. The summed E-state index contributed by atoms with van der Waals surface area (Å²) < 4.78 is 7.25. The minimum absolute atomic E-state index is 0.374. The molecule has 0 spiro atoms. The van der Waals surface area contributed by atoms with Crippen LogP contribution < -0.4 is 0 Å². The fourth-order valence-electron chi connectivity index (χ4n) is 2.15. The molecule has 0 saturated heterocycles. The monoisotopic (exact) mass is 238 g/mol. The summed E-state index contributed by atoms with van der Waals surface area (Å²) in [6, 6.07) is 3.65. The Kier molecular flexibility index (Phi) is 2.26. The number of aromatic nitrogens is 2. The summed E-state index contributed by atoms with van der Waals surface area (Å²) in [6.45, 7) is 0.822. The molecule has 0 bridgehead atoms. The van der Waals surface area contributed by atoms with Gasteiger partial charge in [-0.3, -0.25) is 0 Å². The zero-order chi connectivity index (χ0) is 11.1. The van der Waals surface area contributed by atoms with E-state index in [1.54, 1.807) is 6.26 Å². The molecule has 0 fully saturated rings. The molecule has 5 heteroatoms. The highest BCUT2D eigenvalue weighted by Crippen LogP contribution is 2.35. The number of rotatable bonds is 1. The number of imidazole rings is 1. The van der Waals surface area contributed by atoms with E-state index in [0.717, 1.165) is 19.4 Å². The highest BCUT2D eigenvalue weighted by Gasteiger charge is 2.26. The molecule has 0 saturated carbocycles. The van der Waals surface area contributed by atoms with Crippen LogP contribution in [0.4, 0.5) is 0 Å². The second-order valence-electron chi connectivity index (χ2n) is 3.90. The fraction of sp³-hybridized carbons (Fsp3) is 0.364. The van der Waals surface area contributed by atoms with E-state index in [1.165, 1.54) is 0 Å². The van der Waals surface area contributed by atoms with Crippen molar-refractivity contribution >= 4 is 11.6 Å². The Labute approximate surface area is 97.5 Å². The van der Waals surface area contributed by atoms with Gasteiger partial charge in [0.2, 0.25) is 0 Å². The standard InChI is InChI=1S/C11H11ClN2O2/c12-10-9-7(15)3-1-5-14(9)11(13-10)8-4-2-6-16-8/h2,4,6-7,15H,1,3,5H2. The Hall–Kier alpha value is -1.26. The number of aliphatic hydroxyl groups is 1. The third-order valence-electron chi connectivity index (χ3n) is 2.88. The van der Waals surface area contributed by atoms with Crippen LogP contribution >= 0.6 is 11.6 Å². The van der Waals surface area contributed by atoms with E-state index in [9.17, 15) is 5.11 Å². The zero-order valence-electron chi connectivity index (χ0n) is 8.56. The number of fused-ring (bicyclic) bond motifs is 1. The van der Waals surface area contributed by atoms with Crippen molar-refractivity contribution in [3.8, 4) is 11.6 Å². The Morgan fingerprint density at radius 1 is 1.56 bits per heavy atom. The van der Waals surface area contributed by atoms with Crippen LogP contribution in [0.15, 0.2) is 22.8 Å². The van der Waals surface area contributed by atoms with Gasteiger partial charge >= 0.3 is 0 Å². The van der Waals surface area contributed by atoms with E-state index in [1.807, 2.05) is 16.7 Å². The van der Waals surface area contributed by atoms with E-state index in [0.29, 0.717) is 22.4 Å². The molecule has 1 N–H and O–H groups in total. The molecule has 16 heavy (non-hydrogen) atoms. The quantitative estimate of drug-likeness (QED) is 0.831. The summed E-state index contributed by atoms with van der Waals surface area (Å²) in [6.07, 6.45) is 2.75. The second kappa shape index (κ2) is 3.64. The van der Waals surface area contributed by atoms with Crippen molar-refractivity contribution in [3.63, 3.8) is 0 Å². The fourth-order valence-corrected chi connectivity index (χ4v) is 2.46. The van der Waals surface area contributed by atoms with Crippen LogP contribution in [0.25, 0.3) is 11.6 Å². The van der Waals surface area contributed by atoms with Crippen LogP contribution in [0.1, 0.15) is 24.6 Å². The highest BCUT2D eigenvalue weighted by molar-refractivity contribution is 6.30. The van der Waals surface area contributed by atoms with E-state index >= 15 is 0 Å². The molecule has 2 aromatic heterocycles. The lowest BCUT2D eigenvalue weighted by atomic mass is 10.1. The van der Waals surface area contributed by atoms with Crippen molar-refractivity contribution in [2.24, 2.45) is 0 Å². The van der Waals surface area contributed by atoms with Crippen molar-refractivity contribution in [2.45, 2.75) is 25.5 Å². The van der Waals surface area contributed by atoms with Gasteiger partial charge in [0.1, 0.15) is 0 Å². The van der Waals surface area contributed by atoms with Gasteiger partial charge in [-0.2, -0.15) is 0 Å². The van der Waals surface area contributed by atoms with Crippen molar-refractivity contribution < 1.29 is 9.52 Å². The Bertz CT molecular complexity index is 504. The van der Waals surface area contributed by atoms with Crippen LogP contribution in [-0.2, 0) is 6.54 Å². The van der Waals surface area contributed by atoms with Gasteiger partial charge in [-0.1, -0.05) is 11.6 Å². The van der Waals surface area contributed by atoms with Crippen molar-refractivity contribution in [2.75, 3.05) is 0 Å². The van der Waals surface area contributed by atoms with Crippen LogP contribution in [0.3, 0.4) is 0 Å². The largest absolute Gasteiger partial charge is 0.461 e. The van der Waals surface area contributed by atoms with E-state index in [-0.39, 0.29) is 0 Å². The zero-order valence-corrected chi connectivity index (χ0v) is 9.31. The Morgan fingerprint density at radius 2 is 2.44 bits per heavy atom. The minimum atomic E-state index is -0.516. The molecule has 1 atom stereocenters. The average molecular weight is 239 g/mol. The topological polar surface area (TPSA) is 51.2 Å². The van der Waals surface area contributed by atoms with Gasteiger partial charge in [-0.05, 0) is 25.0 Å². The number of furan rings is 1. The van der Waals surface area contributed by atoms with E-state index in [4.69, 9.17) is 16.0 Å². The molecule has 1 unspecified atom stereocenters. The van der Waals surface area contributed by atoms with Gasteiger partial charge in [-0.15, -0.1) is 0 Å². The van der Waals surface area contributed by atoms with E-state index < -0.39 is 6.10 Å². The van der Waals surface area contributed by atoms with Crippen LogP contribution in [0.2, 0.25) is 5.15 Å². The van der Waals surface area contributed by atoms with Crippen molar-refractivity contribution in [1.29, 1.82) is 0 Å². The molecule has 84 valence electrons. The van der Waals surface area contributed by atoms with Crippen LogP contribution in [0, 0.1) is 0 Å². The van der Waals surface area contributed by atoms with Crippen molar-refractivity contribution in [1.82, 2.24) is 9.55 Å². The first kappa shape index (κ1) is 9.93. The summed E-state index contributed by atoms with van der Waals surface area (Å²) >= 11 is 6.04. The molecule has 3 rings (SSSR count).